The summed E-state index contributed by atoms with van der Waals surface area (Å²) in [6, 6.07) is 4.81. The maximum atomic E-state index is 11.9. The molecule has 16 heavy (non-hydrogen) atoms. The van der Waals surface area contributed by atoms with Crippen molar-refractivity contribution in [1.29, 1.82) is 0 Å². The zero-order chi connectivity index (χ0) is 12.1. The van der Waals surface area contributed by atoms with Crippen LogP contribution in [0.25, 0.3) is 0 Å². The lowest BCUT2D eigenvalue weighted by Crippen LogP contribution is -2.32. The normalized spacial score (nSPS) is 11.9. The van der Waals surface area contributed by atoms with Crippen LogP contribution in [0.3, 0.4) is 0 Å². The monoisotopic (exact) mass is 223 g/mol. The Hall–Kier alpha value is -1.71. The highest BCUT2D eigenvalue weighted by atomic mass is 16.5. The molecular weight excluding hydrogens is 206 g/mol. The zero-order valence-electron chi connectivity index (χ0n) is 9.78. The molecule has 2 N–H and O–H groups in total. The average molecular weight is 223 g/mol. The Kier molecular flexibility index (Phi) is 4.17. The van der Waals surface area contributed by atoms with Gasteiger partial charge in [0, 0.05) is 6.04 Å². The molecule has 1 rings (SSSR count). The summed E-state index contributed by atoms with van der Waals surface area (Å²) < 4.78 is 5.04. The Labute approximate surface area is 95.2 Å². The van der Waals surface area contributed by atoms with E-state index in [0.29, 0.717) is 5.75 Å². The van der Waals surface area contributed by atoms with Gasteiger partial charge in [-0.1, -0.05) is 13.0 Å². The first-order valence-corrected chi connectivity index (χ1v) is 5.27. The molecule has 0 spiro atoms. The van der Waals surface area contributed by atoms with Gasteiger partial charge >= 0.3 is 0 Å². The molecule has 0 saturated heterocycles. The van der Waals surface area contributed by atoms with Gasteiger partial charge in [0.25, 0.3) is 5.91 Å². The number of amides is 1. The summed E-state index contributed by atoms with van der Waals surface area (Å²) >= 11 is 0. The number of phenols is 1. The molecule has 1 unspecified atom stereocenters. The number of aromatic hydroxyl groups is 1. The molecule has 0 heterocycles. The highest BCUT2D eigenvalue weighted by Crippen LogP contribution is 2.27. The summed E-state index contributed by atoms with van der Waals surface area (Å²) in [5.41, 5.74) is 0.185. The van der Waals surface area contributed by atoms with E-state index in [1.165, 1.54) is 13.2 Å². The maximum Gasteiger partial charge on any atom is 0.259 e. The van der Waals surface area contributed by atoms with Crippen molar-refractivity contribution >= 4 is 5.91 Å². The van der Waals surface area contributed by atoms with Crippen molar-refractivity contribution in [3.05, 3.63) is 23.8 Å². The largest absolute Gasteiger partial charge is 0.507 e. The van der Waals surface area contributed by atoms with E-state index in [2.05, 4.69) is 5.32 Å². The number of phenolic OH excluding ortho intramolecular Hbond substituents is 1. The molecule has 1 atom stereocenters. The van der Waals surface area contributed by atoms with Gasteiger partial charge in [0.15, 0.2) is 0 Å². The second kappa shape index (κ2) is 5.39. The molecule has 0 saturated carbocycles. The average Bonchev–Trinajstić information content (AvgIpc) is 2.28. The van der Waals surface area contributed by atoms with Crippen LogP contribution < -0.4 is 10.1 Å². The SMILES string of the molecule is CCC(C)NC(=O)c1c(O)cccc1OC. The van der Waals surface area contributed by atoms with E-state index < -0.39 is 0 Å². The smallest absolute Gasteiger partial charge is 0.259 e. The lowest BCUT2D eigenvalue weighted by molar-refractivity contribution is 0.0933. The van der Waals surface area contributed by atoms with Gasteiger partial charge in [-0.05, 0) is 25.5 Å². The van der Waals surface area contributed by atoms with Crippen molar-refractivity contribution in [1.82, 2.24) is 5.32 Å². The zero-order valence-corrected chi connectivity index (χ0v) is 9.78. The molecule has 88 valence electrons. The third-order valence-corrected chi connectivity index (χ3v) is 2.44. The minimum atomic E-state index is -0.315. The molecule has 0 aliphatic rings. The van der Waals surface area contributed by atoms with Crippen molar-refractivity contribution in [3.8, 4) is 11.5 Å². The Balaban J connectivity index is 2.98. The van der Waals surface area contributed by atoms with E-state index in [9.17, 15) is 9.90 Å². The molecule has 1 aromatic carbocycles. The van der Waals surface area contributed by atoms with Gasteiger partial charge in [0.2, 0.25) is 0 Å². The maximum absolute atomic E-state index is 11.9. The van der Waals surface area contributed by atoms with E-state index in [0.717, 1.165) is 6.42 Å². The summed E-state index contributed by atoms with van der Waals surface area (Å²) in [6.45, 7) is 3.89. The number of hydrogen-bond donors (Lipinski definition) is 2. The van der Waals surface area contributed by atoms with Crippen LogP contribution in [0.1, 0.15) is 30.6 Å². The quantitative estimate of drug-likeness (QED) is 0.820. The van der Waals surface area contributed by atoms with Crippen LogP contribution in [0.4, 0.5) is 0 Å². The molecule has 0 radical (unpaired) electrons. The van der Waals surface area contributed by atoms with Crippen LogP contribution in [-0.4, -0.2) is 24.2 Å². The van der Waals surface area contributed by atoms with Gasteiger partial charge in [-0.3, -0.25) is 4.79 Å². The van der Waals surface area contributed by atoms with Gasteiger partial charge in [-0.2, -0.15) is 0 Å². The number of benzene rings is 1. The molecular formula is C12H17NO3. The second-order valence-corrected chi connectivity index (χ2v) is 3.64. The van der Waals surface area contributed by atoms with Crippen molar-refractivity contribution in [2.24, 2.45) is 0 Å². The molecule has 1 aromatic rings. The Morgan fingerprint density at radius 1 is 1.56 bits per heavy atom. The van der Waals surface area contributed by atoms with E-state index in [1.54, 1.807) is 12.1 Å². The number of rotatable bonds is 4. The highest BCUT2D eigenvalue weighted by Gasteiger charge is 2.17. The molecule has 4 heteroatoms. The number of hydrogen-bond acceptors (Lipinski definition) is 3. The topological polar surface area (TPSA) is 58.6 Å². The minimum Gasteiger partial charge on any atom is -0.507 e. The fraction of sp³-hybridized carbons (Fsp3) is 0.417. The van der Waals surface area contributed by atoms with E-state index in [4.69, 9.17) is 4.74 Å². The highest BCUT2D eigenvalue weighted by molar-refractivity contribution is 5.99. The van der Waals surface area contributed by atoms with Gasteiger partial charge in [-0.15, -0.1) is 0 Å². The Morgan fingerprint density at radius 3 is 2.81 bits per heavy atom. The molecule has 0 aliphatic heterocycles. The predicted octanol–water partition coefficient (Wildman–Crippen LogP) is 1.93. The lowest BCUT2D eigenvalue weighted by Gasteiger charge is -2.14. The van der Waals surface area contributed by atoms with Gasteiger partial charge in [-0.25, -0.2) is 0 Å². The van der Waals surface area contributed by atoms with E-state index >= 15 is 0 Å². The van der Waals surface area contributed by atoms with Crippen molar-refractivity contribution in [2.75, 3.05) is 7.11 Å². The van der Waals surface area contributed by atoms with Crippen LogP contribution in [0.15, 0.2) is 18.2 Å². The van der Waals surface area contributed by atoms with Crippen LogP contribution in [0, 0.1) is 0 Å². The molecule has 0 aliphatic carbocycles. The third-order valence-electron chi connectivity index (χ3n) is 2.44. The van der Waals surface area contributed by atoms with Crippen molar-refractivity contribution < 1.29 is 14.6 Å². The lowest BCUT2D eigenvalue weighted by atomic mass is 10.1. The van der Waals surface area contributed by atoms with Crippen molar-refractivity contribution in [3.63, 3.8) is 0 Å². The Bertz CT molecular complexity index is 377. The molecule has 0 aromatic heterocycles. The van der Waals surface area contributed by atoms with Gasteiger partial charge in [0.1, 0.15) is 17.1 Å². The molecule has 0 fully saturated rings. The standard InChI is InChI=1S/C12H17NO3/c1-4-8(2)13-12(15)11-9(14)6-5-7-10(11)16-3/h5-8,14H,4H2,1-3H3,(H,13,15). The van der Waals surface area contributed by atoms with E-state index in [1.807, 2.05) is 13.8 Å². The first-order chi connectivity index (χ1) is 7.60. The third kappa shape index (κ3) is 2.66. The summed E-state index contributed by atoms with van der Waals surface area (Å²) in [4.78, 5) is 11.9. The summed E-state index contributed by atoms with van der Waals surface area (Å²) in [7, 11) is 1.47. The van der Waals surface area contributed by atoms with Crippen LogP contribution in [-0.2, 0) is 0 Å². The number of carbonyl (C=O) groups excluding carboxylic acids is 1. The van der Waals surface area contributed by atoms with Crippen LogP contribution >= 0.6 is 0 Å². The molecule has 1 amide bonds. The molecule has 0 bridgehead atoms. The van der Waals surface area contributed by atoms with Crippen LogP contribution in [0.5, 0.6) is 11.5 Å². The predicted molar refractivity (Wildman–Crippen MR) is 61.9 cm³/mol. The van der Waals surface area contributed by atoms with Gasteiger partial charge in [0.05, 0.1) is 7.11 Å². The first-order valence-electron chi connectivity index (χ1n) is 5.27. The fourth-order valence-electron chi connectivity index (χ4n) is 1.32. The van der Waals surface area contributed by atoms with Crippen LogP contribution in [0.2, 0.25) is 0 Å². The number of ether oxygens (including phenoxy) is 1. The number of methoxy groups -OCH3 is 1. The summed E-state index contributed by atoms with van der Waals surface area (Å²) in [5, 5.41) is 12.4. The summed E-state index contributed by atoms with van der Waals surface area (Å²) in [6.07, 6.45) is 0.835. The molecule has 4 nitrogen and oxygen atoms in total. The van der Waals surface area contributed by atoms with Crippen molar-refractivity contribution in [2.45, 2.75) is 26.3 Å². The first kappa shape index (κ1) is 12.4. The van der Waals surface area contributed by atoms with Gasteiger partial charge < -0.3 is 15.2 Å². The number of nitrogens with one attached hydrogen (secondary N) is 1. The fourth-order valence-corrected chi connectivity index (χ4v) is 1.32. The Morgan fingerprint density at radius 2 is 2.25 bits per heavy atom. The number of carbonyl (C=O) groups is 1. The minimum absolute atomic E-state index is 0.0665. The summed E-state index contributed by atoms with van der Waals surface area (Å²) in [5.74, 6) is -0.00902. The van der Waals surface area contributed by atoms with E-state index in [-0.39, 0.29) is 23.3 Å². The second-order valence-electron chi connectivity index (χ2n) is 3.64.